The predicted molar refractivity (Wildman–Crippen MR) is 119 cm³/mol. The van der Waals surface area contributed by atoms with Gasteiger partial charge in [-0.3, -0.25) is 4.79 Å². The minimum absolute atomic E-state index is 0.0240. The Morgan fingerprint density at radius 1 is 1.23 bits per heavy atom. The quantitative estimate of drug-likeness (QED) is 0.639. The fraction of sp³-hybridized carbons (Fsp3) is 0.435. The van der Waals surface area contributed by atoms with Crippen molar-refractivity contribution in [3.8, 4) is 5.75 Å². The number of sulfonamides is 1. The van der Waals surface area contributed by atoms with Gasteiger partial charge in [0.15, 0.2) is 0 Å². The van der Waals surface area contributed by atoms with E-state index in [0.717, 1.165) is 24.2 Å². The third-order valence-electron chi connectivity index (χ3n) is 5.02. The molecule has 2 aromatic rings. The standard InChI is InChI=1S/C23H30N2O5S/c1-17(2)24-31(27,28)22-11-5-8-19(14-22)23(26)25(16-21-10-6-12-30-21)15-18-7-4-9-20(13-18)29-3/h4-5,7-9,11,13-14,17,21,24H,6,10,12,15-16H2,1-3H3. The summed E-state index contributed by atoms with van der Waals surface area (Å²) in [6.07, 6.45) is 1.85. The van der Waals surface area contributed by atoms with Gasteiger partial charge < -0.3 is 14.4 Å². The molecular weight excluding hydrogens is 416 g/mol. The third kappa shape index (κ3) is 6.29. The molecule has 0 aliphatic carbocycles. The number of nitrogens with zero attached hydrogens (tertiary/aromatic N) is 1. The monoisotopic (exact) mass is 446 g/mol. The number of hydrogen-bond acceptors (Lipinski definition) is 5. The molecule has 0 saturated carbocycles. The van der Waals surface area contributed by atoms with Gasteiger partial charge in [0.1, 0.15) is 5.75 Å². The fourth-order valence-corrected chi connectivity index (χ4v) is 4.90. The van der Waals surface area contributed by atoms with Gasteiger partial charge in [0.05, 0.1) is 18.1 Å². The van der Waals surface area contributed by atoms with E-state index >= 15 is 0 Å². The molecule has 0 radical (unpaired) electrons. The summed E-state index contributed by atoms with van der Waals surface area (Å²) in [6, 6.07) is 13.5. The summed E-state index contributed by atoms with van der Waals surface area (Å²) in [5, 5.41) is 0. The van der Waals surface area contributed by atoms with Crippen LogP contribution in [0, 0.1) is 0 Å². The Kier molecular flexibility index (Phi) is 7.69. The maximum absolute atomic E-state index is 13.4. The number of benzene rings is 2. The topological polar surface area (TPSA) is 84.9 Å². The van der Waals surface area contributed by atoms with Crippen LogP contribution in [0.15, 0.2) is 53.4 Å². The van der Waals surface area contributed by atoms with Crippen LogP contribution >= 0.6 is 0 Å². The van der Waals surface area contributed by atoms with Crippen LogP contribution < -0.4 is 9.46 Å². The number of methoxy groups -OCH3 is 1. The first-order valence-corrected chi connectivity index (χ1v) is 11.9. The second-order valence-electron chi connectivity index (χ2n) is 7.98. The van der Waals surface area contributed by atoms with Crippen molar-refractivity contribution in [3.63, 3.8) is 0 Å². The van der Waals surface area contributed by atoms with Crippen molar-refractivity contribution < 1.29 is 22.7 Å². The summed E-state index contributed by atoms with van der Waals surface area (Å²) in [5.41, 5.74) is 1.25. The molecule has 7 nitrogen and oxygen atoms in total. The van der Waals surface area contributed by atoms with Crippen LogP contribution in [0.1, 0.15) is 42.6 Å². The van der Waals surface area contributed by atoms with E-state index in [0.29, 0.717) is 25.3 Å². The highest BCUT2D eigenvalue weighted by Crippen LogP contribution is 2.21. The van der Waals surface area contributed by atoms with Gasteiger partial charge in [-0.1, -0.05) is 18.2 Å². The molecule has 1 aliphatic heterocycles. The van der Waals surface area contributed by atoms with E-state index < -0.39 is 10.0 Å². The zero-order chi connectivity index (χ0) is 22.4. The van der Waals surface area contributed by atoms with Crippen LogP contribution in [-0.2, 0) is 21.3 Å². The lowest BCUT2D eigenvalue weighted by Gasteiger charge is -2.26. The molecule has 31 heavy (non-hydrogen) atoms. The maximum atomic E-state index is 13.4. The Bertz CT molecular complexity index is 1000. The zero-order valence-corrected chi connectivity index (χ0v) is 19.0. The highest BCUT2D eigenvalue weighted by Gasteiger charge is 2.25. The van der Waals surface area contributed by atoms with E-state index in [1.165, 1.54) is 12.1 Å². The van der Waals surface area contributed by atoms with E-state index in [4.69, 9.17) is 9.47 Å². The van der Waals surface area contributed by atoms with Crippen molar-refractivity contribution in [1.82, 2.24) is 9.62 Å². The van der Waals surface area contributed by atoms with Gasteiger partial charge in [0.25, 0.3) is 5.91 Å². The predicted octanol–water partition coefficient (Wildman–Crippen LogP) is 3.20. The molecule has 0 bridgehead atoms. The van der Waals surface area contributed by atoms with Gasteiger partial charge in [-0.2, -0.15) is 0 Å². The maximum Gasteiger partial charge on any atom is 0.254 e. The SMILES string of the molecule is COc1cccc(CN(CC2CCCO2)C(=O)c2cccc(S(=O)(=O)NC(C)C)c2)c1. The molecule has 2 aromatic carbocycles. The van der Waals surface area contributed by atoms with Gasteiger partial charge in [0.2, 0.25) is 10.0 Å². The summed E-state index contributed by atoms with van der Waals surface area (Å²) in [5.74, 6) is 0.481. The molecule has 1 aliphatic rings. The minimum atomic E-state index is -3.69. The second-order valence-corrected chi connectivity index (χ2v) is 9.69. The van der Waals surface area contributed by atoms with Crippen LogP contribution in [0.4, 0.5) is 0 Å². The second kappa shape index (κ2) is 10.3. The number of rotatable bonds is 9. The molecule has 0 aromatic heterocycles. The van der Waals surface area contributed by atoms with Crippen molar-refractivity contribution in [2.24, 2.45) is 0 Å². The molecule has 1 unspecified atom stereocenters. The van der Waals surface area contributed by atoms with Crippen molar-refractivity contribution in [2.75, 3.05) is 20.3 Å². The summed E-state index contributed by atoms with van der Waals surface area (Å²) in [7, 11) is -2.09. The van der Waals surface area contributed by atoms with Crippen LogP contribution in [0.5, 0.6) is 5.75 Å². The Hall–Kier alpha value is -2.42. The van der Waals surface area contributed by atoms with E-state index in [9.17, 15) is 13.2 Å². The number of hydrogen-bond donors (Lipinski definition) is 1. The first-order valence-electron chi connectivity index (χ1n) is 10.4. The van der Waals surface area contributed by atoms with Gasteiger partial charge in [0, 0.05) is 31.3 Å². The molecule has 0 spiro atoms. The van der Waals surface area contributed by atoms with Gasteiger partial charge in [-0.15, -0.1) is 0 Å². The summed E-state index contributed by atoms with van der Waals surface area (Å²) < 4.78 is 38.7. The van der Waals surface area contributed by atoms with E-state index in [-0.39, 0.29) is 22.9 Å². The molecule has 8 heteroatoms. The van der Waals surface area contributed by atoms with Crippen LogP contribution in [-0.4, -0.2) is 51.6 Å². The molecule has 1 N–H and O–H groups in total. The first-order chi connectivity index (χ1) is 14.8. The molecule has 1 saturated heterocycles. The van der Waals surface area contributed by atoms with Crippen LogP contribution in [0.3, 0.4) is 0 Å². The number of amides is 1. The van der Waals surface area contributed by atoms with Crippen molar-refractivity contribution >= 4 is 15.9 Å². The highest BCUT2D eigenvalue weighted by atomic mass is 32.2. The van der Waals surface area contributed by atoms with Gasteiger partial charge in [-0.25, -0.2) is 13.1 Å². The summed E-state index contributed by atoms with van der Waals surface area (Å²) in [4.78, 5) is 15.2. The molecular formula is C23H30N2O5S. The van der Waals surface area contributed by atoms with Gasteiger partial charge in [-0.05, 0) is 62.6 Å². The third-order valence-corrected chi connectivity index (χ3v) is 6.68. The Morgan fingerprint density at radius 3 is 2.68 bits per heavy atom. The van der Waals surface area contributed by atoms with Crippen molar-refractivity contribution in [2.45, 2.75) is 50.3 Å². The Labute approximate surface area is 184 Å². The van der Waals surface area contributed by atoms with Crippen molar-refractivity contribution in [3.05, 3.63) is 59.7 Å². The molecule has 1 fully saturated rings. The molecule has 1 atom stereocenters. The Morgan fingerprint density at radius 2 is 2.00 bits per heavy atom. The zero-order valence-electron chi connectivity index (χ0n) is 18.2. The van der Waals surface area contributed by atoms with Crippen LogP contribution in [0.25, 0.3) is 0 Å². The Balaban J connectivity index is 1.87. The van der Waals surface area contributed by atoms with Crippen LogP contribution in [0.2, 0.25) is 0 Å². The smallest absolute Gasteiger partial charge is 0.254 e. The average molecular weight is 447 g/mol. The first kappa shape index (κ1) is 23.2. The molecule has 3 rings (SSSR count). The summed E-state index contributed by atoms with van der Waals surface area (Å²) in [6.45, 7) is 5.02. The molecule has 1 amide bonds. The average Bonchev–Trinajstić information content (AvgIpc) is 3.25. The summed E-state index contributed by atoms with van der Waals surface area (Å²) >= 11 is 0. The molecule has 1 heterocycles. The minimum Gasteiger partial charge on any atom is -0.497 e. The lowest BCUT2D eigenvalue weighted by atomic mass is 10.1. The number of carbonyl (C=O) groups excluding carboxylic acids is 1. The highest BCUT2D eigenvalue weighted by molar-refractivity contribution is 7.89. The lowest BCUT2D eigenvalue weighted by Crippen LogP contribution is -2.37. The van der Waals surface area contributed by atoms with Gasteiger partial charge >= 0.3 is 0 Å². The fourth-order valence-electron chi connectivity index (χ4n) is 3.60. The normalized spacial score (nSPS) is 16.5. The van der Waals surface area contributed by atoms with E-state index in [1.807, 2.05) is 24.3 Å². The lowest BCUT2D eigenvalue weighted by molar-refractivity contribution is 0.0507. The number of nitrogens with one attached hydrogen (secondary N) is 1. The van der Waals surface area contributed by atoms with E-state index in [2.05, 4.69) is 4.72 Å². The molecule has 168 valence electrons. The number of ether oxygens (including phenoxy) is 2. The number of carbonyl (C=O) groups is 1. The largest absolute Gasteiger partial charge is 0.497 e. The van der Waals surface area contributed by atoms with E-state index in [1.54, 1.807) is 38.0 Å². The van der Waals surface area contributed by atoms with Crippen molar-refractivity contribution in [1.29, 1.82) is 0 Å².